The Labute approximate surface area is 113 Å². The summed E-state index contributed by atoms with van der Waals surface area (Å²) in [4.78, 5) is 1.22. The molecule has 2 aromatic heterocycles. The Kier molecular flexibility index (Phi) is 4.25. The number of alkyl halides is 1. The topological polar surface area (TPSA) is 51.0 Å². The Morgan fingerprint density at radius 1 is 1.47 bits per heavy atom. The zero-order valence-electron chi connectivity index (χ0n) is 9.11. The molecule has 17 heavy (non-hydrogen) atoms. The molecule has 0 aliphatic heterocycles. The van der Waals surface area contributed by atoms with Gasteiger partial charge in [-0.25, -0.2) is 0 Å². The van der Waals surface area contributed by atoms with Crippen LogP contribution in [0.25, 0.3) is 0 Å². The van der Waals surface area contributed by atoms with Crippen LogP contribution in [0.15, 0.2) is 16.5 Å². The van der Waals surface area contributed by atoms with Crippen LogP contribution < -0.4 is 5.32 Å². The van der Waals surface area contributed by atoms with E-state index in [1.807, 2.05) is 12.1 Å². The smallest absolute Gasteiger partial charge is 0.315 e. The van der Waals surface area contributed by atoms with E-state index < -0.39 is 0 Å². The number of halogens is 2. The van der Waals surface area contributed by atoms with Crippen LogP contribution in [-0.2, 0) is 6.42 Å². The number of aromatic nitrogens is 2. The fourth-order valence-corrected chi connectivity index (χ4v) is 2.42. The van der Waals surface area contributed by atoms with Crippen LogP contribution >= 0.6 is 34.5 Å². The number of nitrogens with one attached hydrogen (secondary N) is 1. The van der Waals surface area contributed by atoms with Crippen molar-refractivity contribution in [3.05, 3.63) is 27.2 Å². The third kappa shape index (κ3) is 3.59. The normalized spacial score (nSPS) is 12.6. The van der Waals surface area contributed by atoms with Crippen molar-refractivity contribution in [2.45, 2.75) is 18.7 Å². The Morgan fingerprint density at radius 3 is 2.88 bits per heavy atom. The lowest BCUT2D eigenvalue weighted by molar-refractivity contribution is 0.506. The van der Waals surface area contributed by atoms with Crippen LogP contribution in [0.4, 0.5) is 6.01 Å². The highest BCUT2D eigenvalue weighted by atomic mass is 35.5. The highest BCUT2D eigenvalue weighted by Crippen LogP contribution is 2.22. The molecule has 0 aliphatic rings. The van der Waals surface area contributed by atoms with Crippen molar-refractivity contribution in [1.82, 2.24) is 10.2 Å². The number of anilines is 1. The van der Waals surface area contributed by atoms with Gasteiger partial charge in [0.25, 0.3) is 0 Å². The third-order valence-electron chi connectivity index (χ3n) is 2.06. The van der Waals surface area contributed by atoms with E-state index in [9.17, 15) is 0 Å². The molecule has 1 N–H and O–H groups in total. The summed E-state index contributed by atoms with van der Waals surface area (Å²) in [7, 11) is 0. The Morgan fingerprint density at radius 2 is 2.29 bits per heavy atom. The quantitative estimate of drug-likeness (QED) is 0.853. The van der Waals surface area contributed by atoms with Gasteiger partial charge in [0.2, 0.25) is 5.89 Å². The summed E-state index contributed by atoms with van der Waals surface area (Å²) in [6.07, 6.45) is 0.867. The summed E-state index contributed by atoms with van der Waals surface area (Å²) >= 11 is 13.2. The lowest BCUT2D eigenvalue weighted by atomic mass is 10.3. The summed E-state index contributed by atoms with van der Waals surface area (Å²) in [6, 6.07) is 4.30. The fourth-order valence-electron chi connectivity index (χ4n) is 1.25. The Balaban J connectivity index is 1.81. The van der Waals surface area contributed by atoms with Gasteiger partial charge in [0.1, 0.15) is 5.38 Å². The first kappa shape index (κ1) is 12.7. The van der Waals surface area contributed by atoms with Crippen LogP contribution in [0.1, 0.15) is 23.1 Å². The van der Waals surface area contributed by atoms with Crippen LogP contribution in [0, 0.1) is 0 Å². The second-order valence-corrected chi connectivity index (χ2v) is 5.90. The van der Waals surface area contributed by atoms with E-state index in [4.69, 9.17) is 27.6 Å². The van der Waals surface area contributed by atoms with Crippen molar-refractivity contribution in [2.75, 3.05) is 11.9 Å². The number of hydrogen-bond donors (Lipinski definition) is 1. The van der Waals surface area contributed by atoms with Crippen molar-refractivity contribution >= 4 is 40.6 Å². The molecule has 0 saturated carbocycles. The number of hydrogen-bond acceptors (Lipinski definition) is 5. The minimum Gasteiger partial charge on any atom is -0.407 e. The molecular formula is C10H11Cl2N3OS. The van der Waals surface area contributed by atoms with Crippen LogP contribution in [0.5, 0.6) is 0 Å². The molecule has 0 fully saturated rings. The van der Waals surface area contributed by atoms with Gasteiger partial charge in [0, 0.05) is 11.4 Å². The maximum atomic E-state index is 5.84. The highest BCUT2D eigenvalue weighted by Gasteiger charge is 2.10. The first-order valence-corrected chi connectivity index (χ1v) is 6.74. The van der Waals surface area contributed by atoms with Crippen molar-refractivity contribution in [3.8, 4) is 0 Å². The molecule has 0 aliphatic carbocycles. The molecule has 4 nitrogen and oxygen atoms in total. The van der Waals surface area contributed by atoms with Crippen molar-refractivity contribution in [2.24, 2.45) is 0 Å². The molecule has 0 amide bonds. The summed E-state index contributed by atoms with van der Waals surface area (Å²) in [5.74, 6) is 0.424. The minimum atomic E-state index is -0.269. The van der Waals surface area contributed by atoms with Gasteiger partial charge in [-0.15, -0.1) is 28.0 Å². The maximum absolute atomic E-state index is 5.84. The summed E-state index contributed by atoms with van der Waals surface area (Å²) in [5.41, 5.74) is 0. The number of rotatable bonds is 5. The lowest BCUT2D eigenvalue weighted by Gasteiger charge is -1.99. The van der Waals surface area contributed by atoms with E-state index in [0.29, 0.717) is 11.9 Å². The molecule has 92 valence electrons. The number of nitrogens with zero attached hydrogens (tertiary/aromatic N) is 2. The summed E-state index contributed by atoms with van der Waals surface area (Å²) in [6.45, 7) is 2.50. The average Bonchev–Trinajstić information content (AvgIpc) is 2.88. The maximum Gasteiger partial charge on any atom is 0.315 e. The zero-order valence-corrected chi connectivity index (χ0v) is 11.4. The first-order chi connectivity index (χ1) is 8.15. The molecule has 0 radical (unpaired) electrons. The van der Waals surface area contributed by atoms with E-state index in [2.05, 4.69) is 15.5 Å². The first-order valence-electron chi connectivity index (χ1n) is 5.10. The highest BCUT2D eigenvalue weighted by molar-refractivity contribution is 7.16. The predicted octanol–water partition coefficient (Wildman–Crippen LogP) is 3.74. The van der Waals surface area contributed by atoms with E-state index in [0.717, 1.165) is 17.3 Å². The van der Waals surface area contributed by atoms with Gasteiger partial charge in [-0.1, -0.05) is 16.7 Å². The minimum absolute atomic E-state index is 0.269. The van der Waals surface area contributed by atoms with Gasteiger partial charge in [-0.05, 0) is 25.5 Å². The van der Waals surface area contributed by atoms with Gasteiger partial charge >= 0.3 is 6.01 Å². The van der Waals surface area contributed by atoms with Crippen LogP contribution in [0.2, 0.25) is 4.34 Å². The molecule has 0 bridgehead atoms. The van der Waals surface area contributed by atoms with Crippen molar-refractivity contribution in [3.63, 3.8) is 0 Å². The molecule has 0 aromatic carbocycles. The molecule has 1 unspecified atom stereocenters. The average molecular weight is 292 g/mol. The summed E-state index contributed by atoms with van der Waals surface area (Å²) in [5, 5.41) is 10.4. The van der Waals surface area contributed by atoms with Crippen molar-refractivity contribution < 1.29 is 4.42 Å². The second-order valence-electron chi connectivity index (χ2n) is 3.44. The third-order valence-corrected chi connectivity index (χ3v) is 3.54. The summed E-state index contributed by atoms with van der Waals surface area (Å²) < 4.78 is 6.10. The van der Waals surface area contributed by atoms with Gasteiger partial charge in [0.05, 0.1) is 4.34 Å². The van der Waals surface area contributed by atoms with Crippen LogP contribution in [0.3, 0.4) is 0 Å². The van der Waals surface area contributed by atoms with E-state index in [1.54, 1.807) is 18.3 Å². The number of thiophene rings is 1. The molecule has 2 aromatic rings. The zero-order chi connectivity index (χ0) is 12.3. The molecule has 0 saturated heterocycles. The Hall–Kier alpha value is -0.780. The monoisotopic (exact) mass is 291 g/mol. The molecular weight excluding hydrogens is 281 g/mol. The largest absolute Gasteiger partial charge is 0.407 e. The van der Waals surface area contributed by atoms with Gasteiger partial charge in [-0.3, -0.25) is 0 Å². The standard InChI is InChI=1S/C10H11Cl2N3OS/c1-6(11)9-14-15-10(16-9)13-5-4-7-2-3-8(12)17-7/h2-3,6H,4-5H2,1H3,(H,13,15). The predicted molar refractivity (Wildman–Crippen MR) is 70.1 cm³/mol. The molecule has 7 heteroatoms. The van der Waals surface area contributed by atoms with Crippen molar-refractivity contribution in [1.29, 1.82) is 0 Å². The molecule has 0 spiro atoms. The Bertz CT molecular complexity index is 483. The molecule has 1 atom stereocenters. The molecule has 2 heterocycles. The fraction of sp³-hybridized carbons (Fsp3) is 0.400. The van der Waals surface area contributed by atoms with E-state index >= 15 is 0 Å². The van der Waals surface area contributed by atoms with Gasteiger partial charge < -0.3 is 9.73 Å². The molecule has 2 rings (SSSR count). The second kappa shape index (κ2) is 5.71. The van der Waals surface area contributed by atoms with Gasteiger partial charge in [0.15, 0.2) is 0 Å². The lowest BCUT2D eigenvalue weighted by Crippen LogP contribution is -2.03. The SMILES string of the molecule is CC(Cl)c1nnc(NCCc2ccc(Cl)s2)o1. The van der Waals surface area contributed by atoms with Gasteiger partial charge in [-0.2, -0.15) is 0 Å². The van der Waals surface area contributed by atoms with E-state index in [1.165, 1.54) is 4.88 Å². The van der Waals surface area contributed by atoms with E-state index in [-0.39, 0.29) is 5.38 Å². The van der Waals surface area contributed by atoms with Crippen LogP contribution in [-0.4, -0.2) is 16.7 Å².